The number of benzene rings is 1. The predicted octanol–water partition coefficient (Wildman–Crippen LogP) is 3.90. The van der Waals surface area contributed by atoms with E-state index in [-0.39, 0.29) is 23.2 Å². The van der Waals surface area contributed by atoms with Gasteiger partial charge in [-0.2, -0.15) is 10.2 Å². The first-order valence-corrected chi connectivity index (χ1v) is 12.5. The summed E-state index contributed by atoms with van der Waals surface area (Å²) in [4.78, 5) is 13.1. The second kappa shape index (κ2) is 8.20. The van der Waals surface area contributed by atoms with Crippen LogP contribution in [0.2, 0.25) is 5.02 Å². The summed E-state index contributed by atoms with van der Waals surface area (Å²) in [6.45, 7) is 1.79. The maximum atomic E-state index is 13.1. The Morgan fingerprint density at radius 2 is 1.97 bits per heavy atom. The number of aryl methyl sites for hydroxylation is 1. The van der Waals surface area contributed by atoms with Crippen molar-refractivity contribution in [1.29, 1.82) is 0 Å². The van der Waals surface area contributed by atoms with Crippen molar-refractivity contribution in [2.45, 2.75) is 19.4 Å². The van der Waals surface area contributed by atoms with Gasteiger partial charge in [-0.1, -0.05) is 11.6 Å². The highest BCUT2D eigenvalue weighted by Gasteiger charge is 2.31. The maximum absolute atomic E-state index is 13.1. The fourth-order valence-corrected chi connectivity index (χ4v) is 5.73. The molecular formula is C22H20ClN5O4S. The van der Waals surface area contributed by atoms with Crippen LogP contribution in [0.1, 0.15) is 28.6 Å². The number of rotatable bonds is 5. The van der Waals surface area contributed by atoms with Crippen LogP contribution in [-0.4, -0.2) is 45.4 Å². The van der Waals surface area contributed by atoms with Gasteiger partial charge in [-0.05, 0) is 49.7 Å². The van der Waals surface area contributed by atoms with E-state index in [1.165, 1.54) is 0 Å². The number of anilines is 1. The number of hydrogen-bond acceptors (Lipinski definition) is 6. The first-order chi connectivity index (χ1) is 15.8. The molecule has 1 unspecified atom stereocenters. The van der Waals surface area contributed by atoms with Gasteiger partial charge >= 0.3 is 0 Å². The van der Waals surface area contributed by atoms with E-state index in [2.05, 4.69) is 15.5 Å². The molecule has 1 amide bonds. The van der Waals surface area contributed by atoms with Crippen LogP contribution in [0.4, 0.5) is 5.82 Å². The lowest BCUT2D eigenvalue weighted by Gasteiger charge is -2.13. The number of furan rings is 1. The highest BCUT2D eigenvalue weighted by atomic mass is 35.5. The zero-order valence-electron chi connectivity index (χ0n) is 17.6. The number of carbonyl (C=O) groups is 1. The topological polar surface area (TPSA) is 112 Å². The largest absolute Gasteiger partial charge is 0.463 e. The van der Waals surface area contributed by atoms with Crippen molar-refractivity contribution < 1.29 is 17.6 Å². The van der Waals surface area contributed by atoms with Crippen LogP contribution in [0, 0.1) is 6.92 Å². The fraction of sp³-hybridized carbons (Fsp3) is 0.227. The van der Waals surface area contributed by atoms with Crippen LogP contribution in [0.25, 0.3) is 17.1 Å². The molecule has 1 aliphatic heterocycles. The van der Waals surface area contributed by atoms with Gasteiger partial charge in [-0.25, -0.2) is 17.8 Å². The average molecular weight is 486 g/mol. The van der Waals surface area contributed by atoms with Crippen LogP contribution >= 0.6 is 11.6 Å². The van der Waals surface area contributed by atoms with Crippen molar-refractivity contribution in [3.63, 3.8) is 0 Å². The lowest BCUT2D eigenvalue weighted by atomic mass is 10.2. The van der Waals surface area contributed by atoms with Gasteiger partial charge in [0.25, 0.3) is 5.91 Å². The Morgan fingerprint density at radius 1 is 1.18 bits per heavy atom. The first kappa shape index (κ1) is 21.5. The number of halogens is 1. The summed E-state index contributed by atoms with van der Waals surface area (Å²) in [5.41, 5.74) is 2.15. The average Bonchev–Trinajstić information content (AvgIpc) is 3.54. The molecule has 0 bridgehead atoms. The van der Waals surface area contributed by atoms with E-state index in [9.17, 15) is 13.2 Å². The number of sulfone groups is 1. The molecule has 0 saturated carbocycles. The fourth-order valence-electron chi connectivity index (χ4n) is 3.91. The molecule has 4 aromatic rings. The summed E-state index contributed by atoms with van der Waals surface area (Å²) < 4.78 is 32.6. The minimum Gasteiger partial charge on any atom is -0.463 e. The van der Waals surface area contributed by atoms with Crippen molar-refractivity contribution in [2.75, 3.05) is 16.8 Å². The number of nitrogens with zero attached hydrogens (tertiary/aromatic N) is 4. The monoisotopic (exact) mass is 485 g/mol. The quantitative estimate of drug-likeness (QED) is 0.458. The van der Waals surface area contributed by atoms with Crippen molar-refractivity contribution >= 4 is 33.2 Å². The standard InChI is InChI=1S/C22H20ClN5O4S/c1-14-11-21(28(25-14)17-8-10-33(30,31)13-17)24-22(29)18-12-19(20-3-2-9-32-20)27(26-18)16-6-4-15(23)5-7-16/h2-7,9,11-12,17H,8,10,13H2,1H3,(H,24,29). The Morgan fingerprint density at radius 3 is 2.64 bits per heavy atom. The highest BCUT2D eigenvalue weighted by molar-refractivity contribution is 7.91. The summed E-state index contributed by atoms with van der Waals surface area (Å²) in [7, 11) is -3.10. The molecule has 11 heteroatoms. The molecule has 1 N–H and O–H groups in total. The van der Waals surface area contributed by atoms with Gasteiger partial charge in [-0.15, -0.1) is 0 Å². The highest BCUT2D eigenvalue weighted by Crippen LogP contribution is 2.29. The van der Waals surface area contributed by atoms with Gasteiger partial charge < -0.3 is 9.73 Å². The molecule has 33 heavy (non-hydrogen) atoms. The lowest BCUT2D eigenvalue weighted by Crippen LogP contribution is -2.20. The summed E-state index contributed by atoms with van der Waals surface area (Å²) >= 11 is 6.01. The van der Waals surface area contributed by atoms with Crippen LogP contribution in [-0.2, 0) is 9.84 Å². The molecule has 0 aliphatic carbocycles. The SMILES string of the molecule is Cc1cc(NC(=O)c2cc(-c3ccco3)n(-c3ccc(Cl)cc3)n2)n(C2CCS(=O)(=O)C2)n1. The van der Waals surface area contributed by atoms with Crippen LogP contribution in [0.15, 0.2) is 59.2 Å². The maximum Gasteiger partial charge on any atom is 0.277 e. The first-order valence-electron chi connectivity index (χ1n) is 10.3. The molecule has 9 nitrogen and oxygen atoms in total. The van der Waals surface area contributed by atoms with Crippen LogP contribution in [0.5, 0.6) is 0 Å². The zero-order valence-corrected chi connectivity index (χ0v) is 19.2. The van der Waals surface area contributed by atoms with Gasteiger partial charge in [-0.3, -0.25) is 4.79 Å². The van der Waals surface area contributed by atoms with E-state index in [0.29, 0.717) is 40.1 Å². The summed E-state index contributed by atoms with van der Waals surface area (Å²) in [6.07, 6.45) is 2.01. The zero-order chi connectivity index (χ0) is 23.2. The minimum atomic E-state index is -3.10. The molecular weight excluding hydrogens is 466 g/mol. The molecule has 1 atom stereocenters. The van der Waals surface area contributed by atoms with E-state index in [0.717, 1.165) is 0 Å². The van der Waals surface area contributed by atoms with E-state index in [4.69, 9.17) is 16.0 Å². The van der Waals surface area contributed by atoms with Crippen molar-refractivity contribution in [3.05, 3.63) is 71.2 Å². The van der Waals surface area contributed by atoms with Gasteiger partial charge in [0.1, 0.15) is 11.5 Å². The molecule has 3 aromatic heterocycles. The number of nitrogens with one attached hydrogen (secondary N) is 1. The second-order valence-electron chi connectivity index (χ2n) is 7.91. The number of carbonyl (C=O) groups excluding carboxylic acids is 1. The Balaban J connectivity index is 1.48. The van der Waals surface area contributed by atoms with Gasteiger partial charge in [0.15, 0.2) is 21.3 Å². The third-order valence-electron chi connectivity index (χ3n) is 5.44. The minimum absolute atomic E-state index is 0.00479. The van der Waals surface area contributed by atoms with Crippen LogP contribution in [0.3, 0.4) is 0 Å². The van der Waals surface area contributed by atoms with E-state index >= 15 is 0 Å². The summed E-state index contributed by atoms with van der Waals surface area (Å²) in [5.74, 6) is 0.651. The van der Waals surface area contributed by atoms with Gasteiger partial charge in [0.2, 0.25) is 0 Å². The third kappa shape index (κ3) is 4.31. The van der Waals surface area contributed by atoms with Gasteiger partial charge in [0.05, 0.1) is 35.2 Å². The van der Waals surface area contributed by atoms with Crippen molar-refractivity contribution in [3.8, 4) is 17.1 Å². The third-order valence-corrected chi connectivity index (χ3v) is 7.44. The number of aromatic nitrogens is 4. The van der Waals surface area contributed by atoms with Gasteiger partial charge in [0, 0.05) is 17.2 Å². The molecule has 1 aliphatic rings. The molecule has 1 fully saturated rings. The number of amides is 1. The van der Waals surface area contributed by atoms with E-state index < -0.39 is 15.7 Å². The predicted molar refractivity (Wildman–Crippen MR) is 124 cm³/mol. The Kier molecular flexibility index (Phi) is 5.34. The molecule has 1 saturated heterocycles. The molecule has 4 heterocycles. The van der Waals surface area contributed by atoms with E-state index in [1.807, 2.05) is 0 Å². The molecule has 1 aromatic carbocycles. The summed E-state index contributed by atoms with van der Waals surface area (Å²) in [6, 6.07) is 13.6. The Labute approximate surface area is 194 Å². The molecule has 0 spiro atoms. The molecule has 5 rings (SSSR count). The lowest BCUT2D eigenvalue weighted by molar-refractivity contribution is 0.102. The van der Waals surface area contributed by atoms with E-state index in [1.54, 1.807) is 71.1 Å². The Bertz CT molecular complexity index is 1420. The molecule has 170 valence electrons. The number of hydrogen-bond donors (Lipinski definition) is 1. The summed E-state index contributed by atoms with van der Waals surface area (Å²) in [5, 5.41) is 12.3. The Hall–Kier alpha value is -3.37. The smallest absolute Gasteiger partial charge is 0.277 e. The van der Waals surface area contributed by atoms with Crippen molar-refractivity contribution in [2.24, 2.45) is 0 Å². The van der Waals surface area contributed by atoms with Crippen molar-refractivity contribution in [1.82, 2.24) is 19.6 Å². The second-order valence-corrected chi connectivity index (χ2v) is 10.6. The normalized spacial score (nSPS) is 17.3. The van der Waals surface area contributed by atoms with Crippen LogP contribution < -0.4 is 5.32 Å². The molecule has 0 radical (unpaired) electrons.